The van der Waals surface area contributed by atoms with Crippen LogP contribution >= 0.6 is 0 Å². The van der Waals surface area contributed by atoms with Gasteiger partial charge in [-0.1, -0.05) is 66.3 Å². The Morgan fingerprint density at radius 2 is 1.31 bits per heavy atom. The molecule has 0 spiro atoms. The van der Waals surface area contributed by atoms with Crippen molar-refractivity contribution in [3.63, 3.8) is 0 Å². The van der Waals surface area contributed by atoms with Gasteiger partial charge in [0, 0.05) is 5.92 Å². The number of hydrogen-bond acceptors (Lipinski definition) is 1. The first-order valence-electron chi connectivity index (χ1n) is 9.68. The maximum atomic E-state index is 5.99. The third kappa shape index (κ3) is 4.88. The second-order valence-corrected chi connectivity index (χ2v) is 7.75. The molecule has 1 nitrogen and oxygen atoms in total. The third-order valence-corrected chi connectivity index (χ3v) is 5.58. The van der Waals surface area contributed by atoms with Crippen molar-refractivity contribution < 1.29 is 4.74 Å². The molecule has 0 amide bonds. The first kappa shape index (κ1) is 18.5. The van der Waals surface area contributed by atoms with Crippen LogP contribution in [-0.4, -0.2) is 0 Å². The Hall–Kier alpha value is -2.28. The van der Waals surface area contributed by atoms with Crippen LogP contribution in [0, 0.1) is 25.7 Å². The molecule has 0 atom stereocenters. The van der Waals surface area contributed by atoms with Gasteiger partial charge < -0.3 is 4.74 Å². The SMILES string of the molecule is C=C(Cc1ccc(C)cc1)C1CCC(C(=C)Oc2ccc(C)cc2)CC1. The lowest BCUT2D eigenvalue weighted by Crippen LogP contribution is -2.19. The Morgan fingerprint density at radius 3 is 1.88 bits per heavy atom. The van der Waals surface area contributed by atoms with E-state index in [9.17, 15) is 0 Å². The lowest BCUT2D eigenvalue weighted by molar-refractivity contribution is 0.261. The molecule has 26 heavy (non-hydrogen) atoms. The van der Waals surface area contributed by atoms with Crippen LogP contribution in [0.15, 0.2) is 73.0 Å². The smallest absolute Gasteiger partial charge is 0.126 e. The molecule has 2 aromatic carbocycles. The van der Waals surface area contributed by atoms with Gasteiger partial charge in [-0.3, -0.25) is 0 Å². The van der Waals surface area contributed by atoms with E-state index in [0.29, 0.717) is 11.8 Å². The molecule has 0 N–H and O–H groups in total. The van der Waals surface area contributed by atoms with Crippen molar-refractivity contribution in [3.05, 3.63) is 89.7 Å². The Bertz CT molecular complexity index is 676. The normalized spacial score (nSPS) is 19.8. The molecule has 0 unspecified atom stereocenters. The molecule has 1 heteroatoms. The Labute approximate surface area is 158 Å². The molecule has 0 aliphatic heterocycles. The average molecular weight is 347 g/mol. The zero-order valence-electron chi connectivity index (χ0n) is 16.1. The van der Waals surface area contributed by atoms with E-state index in [1.165, 1.54) is 35.1 Å². The van der Waals surface area contributed by atoms with Crippen molar-refractivity contribution in [3.8, 4) is 5.75 Å². The van der Waals surface area contributed by atoms with E-state index >= 15 is 0 Å². The Morgan fingerprint density at radius 1 is 0.808 bits per heavy atom. The van der Waals surface area contributed by atoms with E-state index < -0.39 is 0 Å². The number of hydrogen-bond donors (Lipinski definition) is 0. The molecule has 2 aromatic rings. The molecule has 3 rings (SSSR count). The summed E-state index contributed by atoms with van der Waals surface area (Å²) < 4.78 is 5.99. The highest BCUT2D eigenvalue weighted by Crippen LogP contribution is 2.37. The van der Waals surface area contributed by atoms with Crippen molar-refractivity contribution in [2.24, 2.45) is 11.8 Å². The number of rotatable bonds is 6. The van der Waals surface area contributed by atoms with Crippen LogP contribution in [0.4, 0.5) is 0 Å². The fourth-order valence-corrected chi connectivity index (χ4v) is 3.78. The van der Waals surface area contributed by atoms with Gasteiger partial charge in [0.25, 0.3) is 0 Å². The maximum absolute atomic E-state index is 5.99. The summed E-state index contributed by atoms with van der Waals surface area (Å²) in [4.78, 5) is 0. The van der Waals surface area contributed by atoms with Crippen LogP contribution in [0.25, 0.3) is 0 Å². The predicted octanol–water partition coefficient (Wildman–Crippen LogP) is 6.80. The summed E-state index contributed by atoms with van der Waals surface area (Å²) in [7, 11) is 0. The Kier molecular flexibility index (Phi) is 5.98. The first-order valence-corrected chi connectivity index (χ1v) is 9.68. The Balaban J connectivity index is 1.48. The summed E-state index contributed by atoms with van der Waals surface area (Å²) >= 11 is 0. The van der Waals surface area contributed by atoms with E-state index in [2.05, 4.69) is 63.4 Å². The van der Waals surface area contributed by atoms with Gasteiger partial charge in [0.1, 0.15) is 5.75 Å². The highest BCUT2D eigenvalue weighted by atomic mass is 16.5. The van der Waals surface area contributed by atoms with Crippen LogP contribution in [0.1, 0.15) is 42.4 Å². The first-order chi connectivity index (χ1) is 12.5. The van der Waals surface area contributed by atoms with Gasteiger partial charge in [0.2, 0.25) is 0 Å². The predicted molar refractivity (Wildman–Crippen MR) is 110 cm³/mol. The molecular weight excluding hydrogens is 316 g/mol. The second kappa shape index (κ2) is 8.40. The number of aryl methyl sites for hydroxylation is 2. The van der Waals surface area contributed by atoms with Crippen molar-refractivity contribution in [1.82, 2.24) is 0 Å². The van der Waals surface area contributed by atoms with Gasteiger partial charge in [-0.15, -0.1) is 0 Å². The van der Waals surface area contributed by atoms with Crippen molar-refractivity contribution in [1.29, 1.82) is 0 Å². The van der Waals surface area contributed by atoms with Gasteiger partial charge >= 0.3 is 0 Å². The van der Waals surface area contributed by atoms with Gasteiger partial charge in [0.15, 0.2) is 0 Å². The van der Waals surface area contributed by atoms with Gasteiger partial charge in [-0.2, -0.15) is 0 Å². The minimum atomic E-state index is 0.458. The number of ether oxygens (including phenoxy) is 1. The molecule has 0 bridgehead atoms. The fraction of sp³-hybridized carbons (Fsp3) is 0.360. The molecule has 0 heterocycles. The minimum absolute atomic E-state index is 0.458. The molecule has 0 aromatic heterocycles. The van der Waals surface area contributed by atoms with Crippen LogP contribution < -0.4 is 4.74 Å². The summed E-state index contributed by atoms with van der Waals surface area (Å²) in [5, 5.41) is 0. The zero-order chi connectivity index (χ0) is 18.5. The van der Waals surface area contributed by atoms with Gasteiger partial charge in [-0.05, 0) is 69.6 Å². The van der Waals surface area contributed by atoms with Crippen LogP contribution in [0.3, 0.4) is 0 Å². The van der Waals surface area contributed by atoms with E-state index in [-0.39, 0.29) is 0 Å². The molecule has 0 saturated heterocycles. The van der Waals surface area contributed by atoms with Crippen LogP contribution in [0.5, 0.6) is 5.75 Å². The van der Waals surface area contributed by atoms with E-state index in [4.69, 9.17) is 4.74 Å². The van der Waals surface area contributed by atoms with Gasteiger partial charge in [-0.25, -0.2) is 0 Å². The van der Waals surface area contributed by atoms with E-state index in [1.54, 1.807) is 0 Å². The summed E-state index contributed by atoms with van der Waals surface area (Å²) in [6.07, 6.45) is 5.65. The number of allylic oxidation sites excluding steroid dienone is 2. The monoisotopic (exact) mass is 346 g/mol. The lowest BCUT2D eigenvalue weighted by Gasteiger charge is -2.30. The van der Waals surface area contributed by atoms with Crippen molar-refractivity contribution in [2.75, 3.05) is 0 Å². The van der Waals surface area contributed by atoms with Crippen molar-refractivity contribution in [2.45, 2.75) is 46.0 Å². The number of benzene rings is 2. The third-order valence-electron chi connectivity index (χ3n) is 5.58. The molecule has 1 fully saturated rings. The minimum Gasteiger partial charge on any atom is -0.462 e. The summed E-state index contributed by atoms with van der Waals surface area (Å²) in [6, 6.07) is 17.0. The molecular formula is C25H30O. The topological polar surface area (TPSA) is 9.23 Å². The van der Waals surface area contributed by atoms with Crippen molar-refractivity contribution >= 4 is 0 Å². The summed E-state index contributed by atoms with van der Waals surface area (Å²) in [5.41, 5.74) is 5.30. The molecule has 1 saturated carbocycles. The summed E-state index contributed by atoms with van der Waals surface area (Å²) in [6.45, 7) is 12.8. The van der Waals surface area contributed by atoms with E-state index in [1.807, 2.05) is 12.1 Å². The lowest BCUT2D eigenvalue weighted by atomic mass is 9.77. The fourth-order valence-electron chi connectivity index (χ4n) is 3.78. The standard InChI is InChI=1S/C25H30O/c1-18-5-9-22(10-6-18)17-20(3)23-11-13-24(14-12-23)21(4)26-25-15-7-19(2)8-16-25/h5-10,15-16,23-24H,3-4,11-14,17H2,1-2H3. The van der Waals surface area contributed by atoms with Crippen LogP contribution in [-0.2, 0) is 6.42 Å². The highest BCUT2D eigenvalue weighted by Gasteiger charge is 2.25. The molecule has 0 radical (unpaired) electrons. The molecule has 136 valence electrons. The maximum Gasteiger partial charge on any atom is 0.126 e. The average Bonchev–Trinajstić information content (AvgIpc) is 2.65. The molecule has 1 aliphatic rings. The second-order valence-electron chi connectivity index (χ2n) is 7.75. The highest BCUT2D eigenvalue weighted by molar-refractivity contribution is 5.28. The van der Waals surface area contributed by atoms with Gasteiger partial charge in [0.05, 0.1) is 5.76 Å². The molecule has 1 aliphatic carbocycles. The zero-order valence-corrected chi connectivity index (χ0v) is 16.1. The largest absolute Gasteiger partial charge is 0.462 e. The summed E-state index contributed by atoms with van der Waals surface area (Å²) in [5.74, 6) is 2.89. The van der Waals surface area contributed by atoms with E-state index in [0.717, 1.165) is 30.8 Å². The quantitative estimate of drug-likeness (QED) is 0.413. The van der Waals surface area contributed by atoms with Crippen LogP contribution in [0.2, 0.25) is 0 Å².